The molecule has 0 atom stereocenters. The monoisotopic (exact) mass is 500 g/mol. The van der Waals surface area contributed by atoms with E-state index in [1.807, 2.05) is 32.0 Å². The van der Waals surface area contributed by atoms with E-state index in [0.29, 0.717) is 16.8 Å². The summed E-state index contributed by atoms with van der Waals surface area (Å²) in [4.78, 5) is 23.8. The second kappa shape index (κ2) is 9.54. The molecule has 0 amide bonds. The summed E-state index contributed by atoms with van der Waals surface area (Å²) < 4.78 is 5.94. The van der Waals surface area contributed by atoms with Crippen molar-refractivity contribution in [3.8, 4) is 11.5 Å². The van der Waals surface area contributed by atoms with Crippen LogP contribution in [0.2, 0.25) is 0 Å². The third-order valence-corrected chi connectivity index (χ3v) is 8.52. The van der Waals surface area contributed by atoms with Crippen LogP contribution in [0.5, 0.6) is 11.5 Å². The van der Waals surface area contributed by atoms with Crippen molar-refractivity contribution < 1.29 is 19.4 Å². The van der Waals surface area contributed by atoms with Crippen LogP contribution in [0.25, 0.3) is 0 Å². The molecule has 0 aromatic heterocycles. The summed E-state index contributed by atoms with van der Waals surface area (Å²) >= 11 is 1.64. The van der Waals surface area contributed by atoms with Crippen LogP contribution >= 0.6 is 19.7 Å². The van der Waals surface area contributed by atoms with Gasteiger partial charge >= 0.3 is 209 Å². The van der Waals surface area contributed by atoms with Crippen molar-refractivity contribution in [2.45, 2.75) is 76.0 Å². The number of hydrogen-bond donors (Lipinski definition) is 3. The molecule has 0 heterocycles. The van der Waals surface area contributed by atoms with Gasteiger partial charge in [0.2, 0.25) is 0 Å². The van der Waals surface area contributed by atoms with Crippen LogP contribution in [0.4, 0.5) is 0 Å². The van der Waals surface area contributed by atoms with Crippen molar-refractivity contribution in [2.24, 2.45) is 0 Å². The van der Waals surface area contributed by atoms with Gasteiger partial charge in [-0.15, -0.1) is 0 Å². The summed E-state index contributed by atoms with van der Waals surface area (Å²) in [5.41, 5.74) is 3.20. The van der Waals surface area contributed by atoms with Crippen LogP contribution in [0.1, 0.15) is 63.8 Å². The molecule has 0 aliphatic carbocycles. The first kappa shape index (κ1) is 26.6. The zero-order valence-corrected chi connectivity index (χ0v) is 23.2. The van der Waals surface area contributed by atoms with Gasteiger partial charge in [-0.25, -0.2) is 0 Å². The molecule has 0 aliphatic rings. The summed E-state index contributed by atoms with van der Waals surface area (Å²) in [6.45, 7) is 16.5. The van der Waals surface area contributed by atoms with Gasteiger partial charge in [-0.05, 0) is 0 Å². The molecule has 4 nitrogen and oxygen atoms in total. The maximum atomic E-state index is 10.8. The molecule has 0 spiro atoms. The average Bonchev–Trinajstić information content (AvgIpc) is 2.71. The number of rotatable bonds is 5. The van der Waals surface area contributed by atoms with E-state index in [2.05, 4.69) is 53.7 Å². The van der Waals surface area contributed by atoms with Gasteiger partial charge in [-0.2, -0.15) is 0 Å². The predicted molar refractivity (Wildman–Crippen MR) is 145 cm³/mol. The molecule has 184 valence electrons. The zero-order chi connectivity index (χ0) is 25.5. The summed E-state index contributed by atoms with van der Waals surface area (Å²) in [5.74, 6) is 0.841. The molecule has 6 heteroatoms. The van der Waals surface area contributed by atoms with Gasteiger partial charge in [-0.1, -0.05) is 0 Å². The molecule has 3 rings (SSSR count). The van der Waals surface area contributed by atoms with Gasteiger partial charge in [0.1, 0.15) is 0 Å². The van der Waals surface area contributed by atoms with Gasteiger partial charge in [0.25, 0.3) is 0 Å². The van der Waals surface area contributed by atoms with E-state index in [1.54, 1.807) is 36.0 Å². The van der Waals surface area contributed by atoms with Gasteiger partial charge < -0.3 is 0 Å². The Morgan fingerprint density at radius 2 is 1.35 bits per heavy atom. The Bertz CT molecular complexity index is 1180. The molecule has 0 fully saturated rings. The molecule has 0 saturated heterocycles. The van der Waals surface area contributed by atoms with Crippen LogP contribution < -0.4 is 9.83 Å². The predicted octanol–water partition coefficient (Wildman–Crippen LogP) is 6.94. The number of phenols is 1. The van der Waals surface area contributed by atoms with Crippen LogP contribution in [-0.4, -0.2) is 14.9 Å². The van der Waals surface area contributed by atoms with Crippen molar-refractivity contribution in [3.05, 3.63) is 76.9 Å². The maximum absolute atomic E-state index is 10.8. The van der Waals surface area contributed by atoms with Crippen LogP contribution in [0, 0.1) is 13.8 Å². The van der Waals surface area contributed by atoms with E-state index >= 15 is 0 Å². The first-order chi connectivity index (χ1) is 15.6. The van der Waals surface area contributed by atoms with Crippen LogP contribution in [-0.2, 0) is 10.8 Å². The van der Waals surface area contributed by atoms with Gasteiger partial charge in [0, 0.05) is 0 Å². The number of aryl methyl sites for hydroxylation is 2. The summed E-state index contributed by atoms with van der Waals surface area (Å²) in [6, 6.07) is 16.8. The third kappa shape index (κ3) is 5.95. The Kier molecular flexibility index (Phi) is 7.46. The quantitative estimate of drug-likeness (QED) is 0.331. The van der Waals surface area contributed by atoms with Crippen LogP contribution in [0.15, 0.2) is 64.4 Å². The fourth-order valence-electron chi connectivity index (χ4n) is 3.81. The van der Waals surface area contributed by atoms with Gasteiger partial charge in [0.05, 0.1) is 0 Å². The third-order valence-electron chi connectivity index (χ3n) is 5.80. The SMILES string of the molecule is Cc1cc(O[PH](O)(O)c2ccccc2)c(C(C)(C)C)cc1Sc1cc(C)c(O)c(C(C)(C)C)c1. The first-order valence-electron chi connectivity index (χ1n) is 11.5. The molecule has 3 aromatic carbocycles. The molecule has 0 saturated carbocycles. The minimum atomic E-state index is -4.12. The van der Waals surface area contributed by atoms with Crippen molar-refractivity contribution in [2.75, 3.05) is 0 Å². The molecule has 0 unspecified atom stereocenters. The van der Waals surface area contributed by atoms with E-state index < -0.39 is 7.94 Å². The summed E-state index contributed by atoms with van der Waals surface area (Å²) in [7, 11) is -4.12. The fourth-order valence-corrected chi connectivity index (χ4v) is 6.10. The number of hydrogen-bond acceptors (Lipinski definition) is 5. The van der Waals surface area contributed by atoms with Crippen LogP contribution in [0.3, 0.4) is 0 Å². The standard InChI is InChI=1S/C28H37O4PS/c1-18-15-24(32-33(30,31)20-12-10-9-11-13-20)22(27(3,4)5)17-25(18)34-21-14-19(2)26(29)23(16-21)28(6,7)8/h9-17,29-31,33H,1-8H3. The van der Waals surface area contributed by atoms with E-state index in [9.17, 15) is 14.9 Å². The van der Waals surface area contributed by atoms with Gasteiger partial charge in [0.15, 0.2) is 0 Å². The Labute approximate surface area is 208 Å². The average molecular weight is 501 g/mol. The second-order valence-electron chi connectivity index (χ2n) is 10.9. The molecule has 0 bridgehead atoms. The molecular weight excluding hydrogens is 463 g/mol. The molecule has 3 aromatic rings. The molecule has 0 radical (unpaired) electrons. The van der Waals surface area contributed by atoms with Crippen molar-refractivity contribution >= 4 is 25.0 Å². The van der Waals surface area contributed by atoms with E-state index in [1.165, 1.54) is 0 Å². The topological polar surface area (TPSA) is 69.9 Å². The number of phenolic OH excluding ortho intramolecular Hbond substituents is 1. The van der Waals surface area contributed by atoms with E-state index in [0.717, 1.165) is 32.0 Å². The Hall–Kier alpha value is -2.04. The fraction of sp³-hybridized carbons (Fsp3) is 0.357. The van der Waals surface area contributed by atoms with Crippen molar-refractivity contribution in [1.29, 1.82) is 0 Å². The number of benzene rings is 3. The molecule has 0 aliphatic heterocycles. The molecule has 34 heavy (non-hydrogen) atoms. The zero-order valence-electron chi connectivity index (χ0n) is 21.4. The van der Waals surface area contributed by atoms with Crippen molar-refractivity contribution in [1.82, 2.24) is 0 Å². The van der Waals surface area contributed by atoms with Crippen molar-refractivity contribution in [3.63, 3.8) is 0 Å². The Balaban J connectivity index is 2.05. The summed E-state index contributed by atoms with van der Waals surface area (Å²) in [5, 5.41) is 11.0. The molecule has 3 N–H and O–H groups in total. The molecular formula is C28H37O4PS. The minimum absolute atomic E-state index is 0.178. The van der Waals surface area contributed by atoms with E-state index in [-0.39, 0.29) is 10.8 Å². The normalized spacial score (nSPS) is 13.1. The Morgan fingerprint density at radius 3 is 1.91 bits per heavy atom. The Morgan fingerprint density at radius 1 is 0.765 bits per heavy atom. The van der Waals surface area contributed by atoms with Gasteiger partial charge in [-0.3, -0.25) is 0 Å². The number of aromatic hydroxyl groups is 1. The summed E-state index contributed by atoms with van der Waals surface area (Å²) in [6.07, 6.45) is 0. The second-order valence-corrected chi connectivity index (χ2v) is 14.0. The van der Waals surface area contributed by atoms with E-state index in [4.69, 9.17) is 4.52 Å². The first-order valence-corrected chi connectivity index (χ1v) is 14.1.